The maximum absolute atomic E-state index is 12.3. The lowest BCUT2D eigenvalue weighted by atomic mass is 10.1. The number of benzene rings is 1. The molecule has 0 bridgehead atoms. The predicted octanol–water partition coefficient (Wildman–Crippen LogP) is 0.534. The molecule has 1 unspecified atom stereocenters. The van der Waals surface area contributed by atoms with E-state index in [0.717, 1.165) is 11.1 Å². The van der Waals surface area contributed by atoms with Crippen LogP contribution in [0.15, 0.2) is 23.1 Å². The van der Waals surface area contributed by atoms with Gasteiger partial charge in [0.15, 0.2) is 0 Å². The molecule has 116 valence electrons. The van der Waals surface area contributed by atoms with Gasteiger partial charge in [0.2, 0.25) is 10.0 Å². The quantitative estimate of drug-likeness (QED) is 0.778. The number of rotatable bonds is 5. The highest BCUT2D eigenvalue weighted by molar-refractivity contribution is 7.89. The van der Waals surface area contributed by atoms with Crippen LogP contribution < -0.4 is 10.5 Å². The fraction of sp³-hybridized carbons (Fsp3) is 0.467. The zero-order chi connectivity index (χ0) is 16.0. The van der Waals surface area contributed by atoms with E-state index in [0.29, 0.717) is 6.54 Å². The SMILES string of the molecule is Cc1cc(S(=O)(=O)NCC(C)N(C)C)ccc1C#CCN. The molecule has 0 aromatic heterocycles. The third kappa shape index (κ3) is 5.14. The minimum atomic E-state index is -3.50. The molecule has 0 saturated carbocycles. The zero-order valence-electron chi connectivity index (χ0n) is 13.0. The normalized spacial score (nSPS) is 12.9. The lowest BCUT2D eigenvalue weighted by Gasteiger charge is -2.20. The molecule has 1 aromatic carbocycles. The molecule has 0 heterocycles. The Balaban J connectivity index is 2.92. The van der Waals surface area contributed by atoms with E-state index >= 15 is 0 Å². The van der Waals surface area contributed by atoms with Gasteiger partial charge in [0.05, 0.1) is 11.4 Å². The molecule has 0 saturated heterocycles. The fourth-order valence-electron chi connectivity index (χ4n) is 1.59. The van der Waals surface area contributed by atoms with Crippen LogP contribution in [0.25, 0.3) is 0 Å². The Hall–Kier alpha value is -1.39. The highest BCUT2D eigenvalue weighted by Crippen LogP contribution is 2.14. The number of nitrogens with zero attached hydrogens (tertiary/aromatic N) is 1. The molecule has 21 heavy (non-hydrogen) atoms. The van der Waals surface area contributed by atoms with Gasteiger partial charge in [-0.25, -0.2) is 13.1 Å². The molecule has 1 rings (SSSR count). The van der Waals surface area contributed by atoms with Crippen LogP contribution in [-0.4, -0.2) is 46.5 Å². The van der Waals surface area contributed by atoms with Crippen LogP contribution in [0.2, 0.25) is 0 Å². The molecule has 1 atom stereocenters. The lowest BCUT2D eigenvalue weighted by Crippen LogP contribution is -2.38. The second kappa shape index (κ2) is 7.57. The second-order valence-electron chi connectivity index (χ2n) is 5.15. The van der Waals surface area contributed by atoms with Gasteiger partial charge in [-0.3, -0.25) is 0 Å². The standard InChI is InChI=1S/C15H23N3O2S/c1-12-10-15(8-7-14(12)6-5-9-16)21(19,20)17-11-13(2)18(3)4/h7-8,10,13,17H,9,11,16H2,1-4H3. The summed E-state index contributed by atoms with van der Waals surface area (Å²) in [6.45, 7) is 4.44. The third-order valence-electron chi connectivity index (χ3n) is 3.28. The summed E-state index contributed by atoms with van der Waals surface area (Å²) in [5.41, 5.74) is 6.95. The Morgan fingerprint density at radius 3 is 2.57 bits per heavy atom. The van der Waals surface area contributed by atoms with E-state index in [1.54, 1.807) is 18.2 Å². The minimum absolute atomic E-state index is 0.121. The summed E-state index contributed by atoms with van der Waals surface area (Å²) in [5.74, 6) is 5.68. The van der Waals surface area contributed by atoms with Crippen molar-refractivity contribution in [3.8, 4) is 11.8 Å². The highest BCUT2D eigenvalue weighted by Gasteiger charge is 2.16. The molecule has 0 radical (unpaired) electrons. The van der Waals surface area contributed by atoms with Crippen LogP contribution in [0, 0.1) is 18.8 Å². The van der Waals surface area contributed by atoms with Gasteiger partial charge in [0, 0.05) is 18.2 Å². The summed E-state index contributed by atoms with van der Waals surface area (Å²) in [5, 5.41) is 0. The number of nitrogens with two attached hydrogens (primary N) is 1. The molecule has 0 aliphatic heterocycles. The van der Waals surface area contributed by atoms with E-state index in [4.69, 9.17) is 5.73 Å². The highest BCUT2D eigenvalue weighted by atomic mass is 32.2. The van der Waals surface area contributed by atoms with Gasteiger partial charge in [0.25, 0.3) is 0 Å². The molecule has 0 aliphatic rings. The first-order valence-corrected chi connectivity index (χ1v) is 8.22. The van der Waals surface area contributed by atoms with Crippen LogP contribution in [0.4, 0.5) is 0 Å². The Kier molecular flexibility index (Phi) is 6.37. The van der Waals surface area contributed by atoms with E-state index in [1.807, 2.05) is 32.8 Å². The largest absolute Gasteiger partial charge is 0.320 e. The molecular formula is C15H23N3O2S. The summed E-state index contributed by atoms with van der Waals surface area (Å²) < 4.78 is 27.1. The van der Waals surface area contributed by atoms with E-state index in [9.17, 15) is 8.42 Å². The molecule has 0 spiro atoms. The van der Waals surface area contributed by atoms with E-state index in [1.165, 1.54) is 0 Å². The molecule has 5 nitrogen and oxygen atoms in total. The summed E-state index contributed by atoms with van der Waals surface area (Å²) in [4.78, 5) is 2.21. The Morgan fingerprint density at radius 1 is 1.38 bits per heavy atom. The summed E-state index contributed by atoms with van der Waals surface area (Å²) in [6.07, 6.45) is 0. The number of nitrogens with one attached hydrogen (secondary N) is 1. The molecule has 1 aromatic rings. The first kappa shape index (κ1) is 17.7. The van der Waals surface area contributed by atoms with E-state index in [2.05, 4.69) is 16.6 Å². The van der Waals surface area contributed by atoms with Crippen LogP contribution >= 0.6 is 0 Å². The molecule has 0 amide bonds. The van der Waals surface area contributed by atoms with Crippen LogP contribution in [-0.2, 0) is 10.0 Å². The first-order chi connectivity index (χ1) is 9.77. The predicted molar refractivity (Wildman–Crippen MR) is 85.4 cm³/mol. The topological polar surface area (TPSA) is 75.4 Å². The van der Waals surface area contributed by atoms with Crippen molar-refractivity contribution in [3.05, 3.63) is 29.3 Å². The number of aryl methyl sites for hydroxylation is 1. The van der Waals surface area contributed by atoms with Gasteiger partial charge >= 0.3 is 0 Å². The molecule has 6 heteroatoms. The van der Waals surface area contributed by atoms with Gasteiger partial charge in [0.1, 0.15) is 0 Å². The average Bonchev–Trinajstić information content (AvgIpc) is 2.43. The average molecular weight is 309 g/mol. The third-order valence-corrected chi connectivity index (χ3v) is 4.70. The van der Waals surface area contributed by atoms with Crippen molar-refractivity contribution < 1.29 is 8.42 Å². The minimum Gasteiger partial charge on any atom is -0.320 e. The Bertz CT molecular complexity index is 643. The van der Waals surface area contributed by atoms with Gasteiger partial charge in [-0.15, -0.1) is 0 Å². The first-order valence-electron chi connectivity index (χ1n) is 6.73. The van der Waals surface area contributed by atoms with Crippen LogP contribution in [0.3, 0.4) is 0 Å². The maximum atomic E-state index is 12.3. The maximum Gasteiger partial charge on any atom is 0.240 e. The Morgan fingerprint density at radius 2 is 2.05 bits per heavy atom. The van der Waals surface area contributed by atoms with Crippen molar-refractivity contribution in [1.82, 2.24) is 9.62 Å². The number of hydrogen-bond acceptors (Lipinski definition) is 4. The van der Waals surface area contributed by atoms with Crippen molar-refractivity contribution in [3.63, 3.8) is 0 Å². The molecular weight excluding hydrogens is 286 g/mol. The Labute approximate surface area is 127 Å². The van der Waals surface area contributed by atoms with E-state index < -0.39 is 10.0 Å². The summed E-state index contributed by atoms with van der Waals surface area (Å²) >= 11 is 0. The zero-order valence-corrected chi connectivity index (χ0v) is 13.8. The van der Waals surface area contributed by atoms with Crippen LogP contribution in [0.1, 0.15) is 18.1 Å². The van der Waals surface area contributed by atoms with E-state index in [-0.39, 0.29) is 17.5 Å². The smallest absolute Gasteiger partial charge is 0.240 e. The summed E-state index contributed by atoms with van der Waals surface area (Å²) in [7, 11) is 0.323. The van der Waals surface area contributed by atoms with Gasteiger partial charge in [-0.2, -0.15) is 0 Å². The number of hydrogen-bond donors (Lipinski definition) is 2. The molecule has 0 fully saturated rings. The molecule has 0 aliphatic carbocycles. The fourth-order valence-corrected chi connectivity index (χ4v) is 2.79. The summed E-state index contributed by atoms with van der Waals surface area (Å²) in [6, 6.07) is 5.02. The van der Waals surface area contributed by atoms with Gasteiger partial charge < -0.3 is 10.6 Å². The van der Waals surface area contributed by atoms with Crippen molar-refractivity contribution in [1.29, 1.82) is 0 Å². The number of likely N-dealkylation sites (N-methyl/N-ethyl adjacent to an activating group) is 1. The van der Waals surface area contributed by atoms with Crippen molar-refractivity contribution >= 4 is 10.0 Å². The van der Waals surface area contributed by atoms with Crippen molar-refractivity contribution in [2.24, 2.45) is 5.73 Å². The van der Waals surface area contributed by atoms with Gasteiger partial charge in [-0.05, 0) is 51.7 Å². The monoisotopic (exact) mass is 309 g/mol. The van der Waals surface area contributed by atoms with Crippen molar-refractivity contribution in [2.45, 2.75) is 24.8 Å². The van der Waals surface area contributed by atoms with Crippen LogP contribution in [0.5, 0.6) is 0 Å². The van der Waals surface area contributed by atoms with Crippen molar-refractivity contribution in [2.75, 3.05) is 27.2 Å². The number of sulfonamides is 1. The second-order valence-corrected chi connectivity index (χ2v) is 6.91. The molecule has 3 N–H and O–H groups in total. The lowest BCUT2D eigenvalue weighted by molar-refractivity contribution is 0.314. The van der Waals surface area contributed by atoms with Gasteiger partial charge in [-0.1, -0.05) is 11.8 Å².